The number of carbonyl (C=O) groups is 1. The molecule has 0 aromatic carbocycles. The Hall–Kier alpha value is -0.770. The molecule has 1 fully saturated rings. The summed E-state index contributed by atoms with van der Waals surface area (Å²) in [7, 11) is 0. The van der Waals surface area contributed by atoms with Gasteiger partial charge in [-0.15, -0.1) is 0 Å². The molecule has 0 aliphatic carbocycles. The standard InChI is InChI=1S/C9H18N2O2/c1-7(2)8(3)10-9(12)11-5-4-6-13-11/h7-8H,4-6H2,1-3H3,(H,10,12). The average molecular weight is 186 g/mol. The highest BCUT2D eigenvalue weighted by Crippen LogP contribution is 2.06. The van der Waals surface area contributed by atoms with E-state index in [4.69, 9.17) is 4.84 Å². The third-order valence-corrected chi connectivity index (χ3v) is 2.33. The molecule has 0 bridgehead atoms. The van der Waals surface area contributed by atoms with Crippen molar-refractivity contribution in [1.82, 2.24) is 10.4 Å². The molecular weight excluding hydrogens is 168 g/mol. The lowest BCUT2D eigenvalue weighted by Crippen LogP contribution is -2.43. The van der Waals surface area contributed by atoms with Gasteiger partial charge in [0.25, 0.3) is 0 Å². The number of hydroxylamine groups is 2. The van der Waals surface area contributed by atoms with Crippen molar-refractivity contribution >= 4 is 6.03 Å². The van der Waals surface area contributed by atoms with Gasteiger partial charge in [-0.3, -0.25) is 4.84 Å². The van der Waals surface area contributed by atoms with E-state index < -0.39 is 0 Å². The maximum atomic E-state index is 11.4. The van der Waals surface area contributed by atoms with E-state index in [1.165, 1.54) is 5.06 Å². The Morgan fingerprint density at radius 1 is 1.46 bits per heavy atom. The van der Waals surface area contributed by atoms with Crippen LogP contribution in [0.1, 0.15) is 27.2 Å². The number of nitrogens with zero attached hydrogens (tertiary/aromatic N) is 1. The molecule has 1 unspecified atom stereocenters. The van der Waals surface area contributed by atoms with Gasteiger partial charge in [-0.25, -0.2) is 9.86 Å². The van der Waals surface area contributed by atoms with Crippen LogP contribution in [-0.4, -0.2) is 30.3 Å². The molecule has 1 heterocycles. The van der Waals surface area contributed by atoms with E-state index in [9.17, 15) is 4.79 Å². The molecule has 4 nitrogen and oxygen atoms in total. The minimum absolute atomic E-state index is 0.112. The fourth-order valence-corrected chi connectivity index (χ4v) is 1.04. The number of carbonyl (C=O) groups excluding carboxylic acids is 1. The minimum Gasteiger partial charge on any atom is -0.333 e. The first-order valence-corrected chi connectivity index (χ1v) is 4.82. The van der Waals surface area contributed by atoms with Gasteiger partial charge in [-0.1, -0.05) is 13.8 Å². The molecule has 1 rings (SSSR count). The summed E-state index contributed by atoms with van der Waals surface area (Å²) in [5.74, 6) is 0.451. The predicted octanol–water partition coefficient (Wildman–Crippen LogP) is 1.38. The van der Waals surface area contributed by atoms with Gasteiger partial charge in [0.15, 0.2) is 0 Å². The van der Waals surface area contributed by atoms with E-state index >= 15 is 0 Å². The monoisotopic (exact) mass is 186 g/mol. The van der Waals surface area contributed by atoms with Crippen molar-refractivity contribution in [3.8, 4) is 0 Å². The molecule has 1 atom stereocenters. The van der Waals surface area contributed by atoms with Crippen LogP contribution in [0.2, 0.25) is 0 Å². The van der Waals surface area contributed by atoms with Crippen LogP contribution in [0.4, 0.5) is 4.79 Å². The summed E-state index contributed by atoms with van der Waals surface area (Å²) in [4.78, 5) is 16.6. The maximum absolute atomic E-state index is 11.4. The smallest absolute Gasteiger partial charge is 0.333 e. The van der Waals surface area contributed by atoms with E-state index in [-0.39, 0.29) is 12.1 Å². The molecule has 2 amide bonds. The summed E-state index contributed by atoms with van der Waals surface area (Å²) < 4.78 is 0. The Morgan fingerprint density at radius 2 is 2.15 bits per heavy atom. The van der Waals surface area contributed by atoms with Crippen LogP contribution in [0.25, 0.3) is 0 Å². The van der Waals surface area contributed by atoms with Gasteiger partial charge in [0.05, 0.1) is 13.2 Å². The van der Waals surface area contributed by atoms with Gasteiger partial charge >= 0.3 is 6.03 Å². The molecule has 4 heteroatoms. The predicted molar refractivity (Wildman–Crippen MR) is 50.1 cm³/mol. The van der Waals surface area contributed by atoms with Crippen LogP contribution in [0.5, 0.6) is 0 Å². The molecule has 0 saturated carbocycles. The molecule has 1 aliphatic heterocycles. The molecule has 1 N–H and O–H groups in total. The van der Waals surface area contributed by atoms with Gasteiger partial charge in [-0.05, 0) is 19.3 Å². The summed E-state index contributed by atoms with van der Waals surface area (Å²) in [5.41, 5.74) is 0. The summed E-state index contributed by atoms with van der Waals surface area (Å²) >= 11 is 0. The number of hydrogen-bond acceptors (Lipinski definition) is 2. The molecule has 0 aromatic heterocycles. The first kappa shape index (κ1) is 10.3. The third-order valence-electron chi connectivity index (χ3n) is 2.33. The minimum atomic E-state index is -0.112. The van der Waals surface area contributed by atoms with Gasteiger partial charge in [-0.2, -0.15) is 0 Å². The summed E-state index contributed by atoms with van der Waals surface area (Å²) in [6.07, 6.45) is 0.934. The number of hydrogen-bond donors (Lipinski definition) is 1. The second-order valence-corrected chi connectivity index (χ2v) is 3.77. The Balaban J connectivity index is 2.31. The SMILES string of the molecule is CC(C)C(C)NC(=O)N1CCCO1. The van der Waals surface area contributed by atoms with Crippen LogP contribution >= 0.6 is 0 Å². The molecule has 0 spiro atoms. The normalized spacial score (nSPS) is 19.2. The fraction of sp³-hybridized carbons (Fsp3) is 0.889. The second-order valence-electron chi connectivity index (χ2n) is 3.77. The topological polar surface area (TPSA) is 41.6 Å². The van der Waals surface area contributed by atoms with Crippen LogP contribution < -0.4 is 5.32 Å². The molecule has 0 aromatic rings. The number of amides is 2. The van der Waals surface area contributed by atoms with Crippen molar-refractivity contribution in [1.29, 1.82) is 0 Å². The first-order chi connectivity index (χ1) is 6.11. The van der Waals surface area contributed by atoms with Crippen molar-refractivity contribution < 1.29 is 9.63 Å². The van der Waals surface area contributed by atoms with Crippen molar-refractivity contribution in [2.45, 2.75) is 33.2 Å². The van der Waals surface area contributed by atoms with Crippen LogP contribution in [0.15, 0.2) is 0 Å². The van der Waals surface area contributed by atoms with Gasteiger partial charge in [0.2, 0.25) is 0 Å². The van der Waals surface area contributed by atoms with Crippen molar-refractivity contribution in [2.75, 3.05) is 13.2 Å². The summed E-state index contributed by atoms with van der Waals surface area (Å²) in [6, 6.07) is 0.0791. The lowest BCUT2D eigenvalue weighted by atomic mass is 10.1. The van der Waals surface area contributed by atoms with E-state index in [1.54, 1.807) is 0 Å². The maximum Gasteiger partial charge on any atom is 0.341 e. The summed E-state index contributed by atoms with van der Waals surface area (Å²) in [6.45, 7) is 7.52. The first-order valence-electron chi connectivity index (χ1n) is 4.82. The zero-order valence-corrected chi connectivity index (χ0v) is 8.54. The third kappa shape index (κ3) is 2.88. The van der Waals surface area contributed by atoms with Gasteiger partial charge in [0.1, 0.15) is 0 Å². The molecule has 1 aliphatic rings. The average Bonchev–Trinajstić information content (AvgIpc) is 2.55. The highest BCUT2D eigenvalue weighted by molar-refractivity contribution is 5.73. The summed E-state index contributed by atoms with van der Waals surface area (Å²) in [5, 5.41) is 4.28. The fourth-order valence-electron chi connectivity index (χ4n) is 1.04. The number of nitrogens with one attached hydrogen (secondary N) is 1. The van der Waals surface area contributed by atoms with Gasteiger partial charge in [0, 0.05) is 6.04 Å². The molecular formula is C9H18N2O2. The highest BCUT2D eigenvalue weighted by Gasteiger charge is 2.21. The van der Waals surface area contributed by atoms with E-state index in [1.807, 2.05) is 6.92 Å². The zero-order valence-electron chi connectivity index (χ0n) is 8.54. The quantitative estimate of drug-likeness (QED) is 0.707. The lowest BCUT2D eigenvalue weighted by molar-refractivity contribution is -0.0672. The van der Waals surface area contributed by atoms with Crippen LogP contribution in [0.3, 0.4) is 0 Å². The number of urea groups is 1. The van der Waals surface area contributed by atoms with E-state index in [0.29, 0.717) is 19.1 Å². The molecule has 1 saturated heterocycles. The Morgan fingerprint density at radius 3 is 2.62 bits per heavy atom. The second kappa shape index (κ2) is 4.46. The van der Waals surface area contributed by atoms with E-state index in [0.717, 1.165) is 6.42 Å². The van der Waals surface area contributed by atoms with Crippen LogP contribution in [0, 0.1) is 5.92 Å². The number of rotatable bonds is 2. The Bertz CT molecular complexity index is 176. The molecule has 76 valence electrons. The molecule has 13 heavy (non-hydrogen) atoms. The van der Waals surface area contributed by atoms with Crippen molar-refractivity contribution in [3.05, 3.63) is 0 Å². The van der Waals surface area contributed by atoms with Gasteiger partial charge < -0.3 is 5.32 Å². The van der Waals surface area contributed by atoms with E-state index in [2.05, 4.69) is 19.2 Å². The lowest BCUT2D eigenvalue weighted by Gasteiger charge is -2.21. The highest BCUT2D eigenvalue weighted by atomic mass is 16.7. The Kier molecular flexibility index (Phi) is 3.54. The largest absolute Gasteiger partial charge is 0.341 e. The molecule has 0 radical (unpaired) electrons. The van der Waals surface area contributed by atoms with Crippen molar-refractivity contribution in [3.63, 3.8) is 0 Å². The Labute approximate surface area is 79.2 Å². The van der Waals surface area contributed by atoms with Crippen molar-refractivity contribution in [2.24, 2.45) is 5.92 Å². The zero-order chi connectivity index (χ0) is 9.84. The van der Waals surface area contributed by atoms with Crippen LogP contribution in [-0.2, 0) is 4.84 Å².